The molecule has 3 aromatic rings. The SMILES string of the molecule is Cc1ccccc1NC(=O)Cn1nc(N2CCC(C)CC2)c2ccccc2c1=O. The first kappa shape index (κ1) is 19.2. The maximum Gasteiger partial charge on any atom is 0.275 e. The lowest BCUT2D eigenvalue weighted by Crippen LogP contribution is -2.37. The van der Waals surface area contributed by atoms with E-state index in [4.69, 9.17) is 0 Å². The Morgan fingerprint density at radius 1 is 1.07 bits per heavy atom. The topological polar surface area (TPSA) is 67.2 Å². The number of fused-ring (bicyclic) bond motifs is 1. The molecule has 0 aliphatic carbocycles. The summed E-state index contributed by atoms with van der Waals surface area (Å²) in [7, 11) is 0. The Bertz CT molecular complexity index is 1100. The van der Waals surface area contributed by atoms with Crippen LogP contribution < -0.4 is 15.8 Å². The van der Waals surface area contributed by atoms with E-state index in [0.29, 0.717) is 11.3 Å². The molecule has 1 fully saturated rings. The lowest BCUT2D eigenvalue weighted by atomic mass is 9.99. The van der Waals surface area contributed by atoms with Crippen LogP contribution in [0.25, 0.3) is 10.8 Å². The number of nitrogens with one attached hydrogen (secondary N) is 1. The molecule has 6 heteroatoms. The van der Waals surface area contributed by atoms with Crippen LogP contribution in [0.3, 0.4) is 0 Å². The zero-order valence-corrected chi connectivity index (χ0v) is 16.9. The fourth-order valence-corrected chi connectivity index (χ4v) is 3.82. The summed E-state index contributed by atoms with van der Waals surface area (Å²) in [6.07, 6.45) is 2.20. The highest BCUT2D eigenvalue weighted by atomic mass is 16.2. The van der Waals surface area contributed by atoms with Gasteiger partial charge in [-0.05, 0) is 43.4 Å². The second-order valence-corrected chi connectivity index (χ2v) is 7.86. The van der Waals surface area contributed by atoms with Crippen molar-refractivity contribution in [1.29, 1.82) is 0 Å². The van der Waals surface area contributed by atoms with Crippen molar-refractivity contribution in [2.75, 3.05) is 23.3 Å². The van der Waals surface area contributed by atoms with Crippen molar-refractivity contribution >= 4 is 28.2 Å². The molecule has 1 aliphatic rings. The van der Waals surface area contributed by atoms with E-state index < -0.39 is 0 Å². The monoisotopic (exact) mass is 390 g/mol. The Labute approximate surface area is 170 Å². The van der Waals surface area contributed by atoms with E-state index in [2.05, 4.69) is 22.2 Å². The van der Waals surface area contributed by atoms with Crippen molar-refractivity contribution < 1.29 is 4.79 Å². The number of benzene rings is 2. The number of hydrogen-bond acceptors (Lipinski definition) is 4. The van der Waals surface area contributed by atoms with Crippen molar-refractivity contribution in [2.24, 2.45) is 5.92 Å². The van der Waals surface area contributed by atoms with Crippen molar-refractivity contribution in [3.8, 4) is 0 Å². The van der Waals surface area contributed by atoms with E-state index >= 15 is 0 Å². The molecule has 0 radical (unpaired) electrons. The first-order valence-electron chi connectivity index (χ1n) is 10.1. The molecule has 1 aliphatic heterocycles. The third-order valence-electron chi connectivity index (χ3n) is 5.64. The van der Waals surface area contributed by atoms with Gasteiger partial charge in [-0.15, -0.1) is 0 Å². The molecular formula is C23H26N4O2. The average molecular weight is 390 g/mol. The fraction of sp³-hybridized carbons (Fsp3) is 0.348. The van der Waals surface area contributed by atoms with Crippen molar-refractivity contribution in [2.45, 2.75) is 33.2 Å². The number of carbonyl (C=O) groups is 1. The van der Waals surface area contributed by atoms with Crippen LogP contribution in [0.1, 0.15) is 25.3 Å². The van der Waals surface area contributed by atoms with Gasteiger partial charge in [0.25, 0.3) is 5.56 Å². The molecule has 1 saturated heterocycles. The number of rotatable bonds is 4. The number of carbonyl (C=O) groups excluding carboxylic acids is 1. The van der Waals surface area contributed by atoms with Gasteiger partial charge in [-0.3, -0.25) is 9.59 Å². The van der Waals surface area contributed by atoms with E-state index in [9.17, 15) is 9.59 Å². The summed E-state index contributed by atoms with van der Waals surface area (Å²) in [5, 5.41) is 8.96. The number of amides is 1. The zero-order chi connectivity index (χ0) is 20.4. The first-order valence-corrected chi connectivity index (χ1v) is 10.1. The quantitative estimate of drug-likeness (QED) is 0.739. The minimum Gasteiger partial charge on any atom is -0.355 e. The lowest BCUT2D eigenvalue weighted by molar-refractivity contribution is -0.117. The molecule has 1 amide bonds. The van der Waals surface area contributed by atoms with Gasteiger partial charge in [0.15, 0.2) is 5.82 Å². The Hall–Kier alpha value is -3.15. The normalized spacial score (nSPS) is 14.9. The Balaban J connectivity index is 1.67. The van der Waals surface area contributed by atoms with Crippen molar-refractivity contribution in [3.05, 3.63) is 64.4 Å². The fourth-order valence-electron chi connectivity index (χ4n) is 3.82. The van der Waals surface area contributed by atoms with E-state index in [0.717, 1.165) is 48.4 Å². The van der Waals surface area contributed by atoms with Gasteiger partial charge in [0.1, 0.15) is 6.54 Å². The molecule has 6 nitrogen and oxygen atoms in total. The predicted octanol–water partition coefficient (Wildman–Crippen LogP) is 3.58. The molecule has 150 valence electrons. The molecule has 0 saturated carbocycles. The standard InChI is InChI=1S/C23H26N4O2/c1-16-11-13-26(14-12-16)22-18-8-4-5-9-19(18)23(29)27(25-22)15-21(28)24-20-10-6-3-7-17(20)2/h3-10,16H,11-15H2,1-2H3,(H,24,28). The van der Waals surface area contributed by atoms with Crippen LogP contribution in [0.5, 0.6) is 0 Å². The summed E-state index contributed by atoms with van der Waals surface area (Å²) in [5.41, 5.74) is 1.48. The molecular weight excluding hydrogens is 364 g/mol. The van der Waals surface area contributed by atoms with E-state index in [1.165, 1.54) is 4.68 Å². The second-order valence-electron chi connectivity index (χ2n) is 7.86. The molecule has 2 aromatic carbocycles. The van der Waals surface area contributed by atoms with Crippen LogP contribution in [-0.2, 0) is 11.3 Å². The average Bonchev–Trinajstić information content (AvgIpc) is 2.73. The summed E-state index contributed by atoms with van der Waals surface area (Å²) in [5.74, 6) is 1.22. The molecule has 1 N–H and O–H groups in total. The van der Waals surface area contributed by atoms with Crippen molar-refractivity contribution in [1.82, 2.24) is 9.78 Å². The highest BCUT2D eigenvalue weighted by Gasteiger charge is 2.21. The van der Waals surface area contributed by atoms with Gasteiger partial charge < -0.3 is 10.2 Å². The molecule has 1 aromatic heterocycles. The Morgan fingerprint density at radius 2 is 1.72 bits per heavy atom. The number of nitrogens with zero attached hydrogens (tertiary/aromatic N) is 3. The molecule has 29 heavy (non-hydrogen) atoms. The first-order chi connectivity index (χ1) is 14.0. The van der Waals surface area contributed by atoms with Crippen LogP contribution >= 0.6 is 0 Å². The maximum atomic E-state index is 13.0. The second kappa shape index (κ2) is 8.07. The number of para-hydroxylation sites is 1. The van der Waals surface area contributed by atoms with Crippen LogP contribution in [0.4, 0.5) is 11.5 Å². The summed E-state index contributed by atoms with van der Waals surface area (Å²) in [4.78, 5) is 27.8. The van der Waals surface area contributed by atoms with Gasteiger partial charge in [-0.25, -0.2) is 4.68 Å². The minimum absolute atomic E-state index is 0.116. The molecule has 0 unspecified atom stereocenters. The summed E-state index contributed by atoms with van der Waals surface area (Å²) in [6.45, 7) is 5.90. The Kier molecular flexibility index (Phi) is 5.34. The van der Waals surface area contributed by atoms with Gasteiger partial charge in [0, 0.05) is 24.2 Å². The van der Waals surface area contributed by atoms with Gasteiger partial charge in [0.2, 0.25) is 5.91 Å². The van der Waals surface area contributed by atoms with Gasteiger partial charge >= 0.3 is 0 Å². The third kappa shape index (κ3) is 4.01. The zero-order valence-electron chi connectivity index (χ0n) is 16.9. The van der Waals surface area contributed by atoms with E-state index in [-0.39, 0.29) is 18.0 Å². The molecule has 2 heterocycles. The Morgan fingerprint density at radius 3 is 2.45 bits per heavy atom. The van der Waals surface area contributed by atoms with Gasteiger partial charge in [-0.1, -0.05) is 43.3 Å². The van der Waals surface area contributed by atoms with Gasteiger partial charge in [0.05, 0.1) is 5.39 Å². The highest BCUT2D eigenvalue weighted by Crippen LogP contribution is 2.26. The van der Waals surface area contributed by atoms with E-state index in [1.54, 1.807) is 0 Å². The third-order valence-corrected chi connectivity index (χ3v) is 5.64. The van der Waals surface area contributed by atoms with Crippen LogP contribution in [-0.4, -0.2) is 28.8 Å². The predicted molar refractivity (Wildman–Crippen MR) is 116 cm³/mol. The number of aromatic nitrogens is 2. The number of aryl methyl sites for hydroxylation is 1. The smallest absolute Gasteiger partial charge is 0.275 e. The van der Waals surface area contributed by atoms with Crippen LogP contribution in [0.15, 0.2) is 53.3 Å². The maximum absolute atomic E-state index is 13.0. The summed E-state index contributed by atoms with van der Waals surface area (Å²) < 4.78 is 1.29. The lowest BCUT2D eigenvalue weighted by Gasteiger charge is -2.32. The largest absolute Gasteiger partial charge is 0.355 e. The molecule has 0 atom stereocenters. The number of anilines is 2. The van der Waals surface area contributed by atoms with E-state index in [1.807, 2.05) is 55.5 Å². The van der Waals surface area contributed by atoms with Gasteiger partial charge in [-0.2, -0.15) is 5.10 Å². The number of piperidine rings is 1. The molecule has 0 spiro atoms. The highest BCUT2D eigenvalue weighted by molar-refractivity contribution is 5.93. The van der Waals surface area contributed by atoms with Crippen molar-refractivity contribution in [3.63, 3.8) is 0 Å². The summed E-state index contributed by atoms with van der Waals surface area (Å²) in [6, 6.07) is 15.1. The number of hydrogen-bond donors (Lipinski definition) is 1. The summed E-state index contributed by atoms with van der Waals surface area (Å²) >= 11 is 0. The molecule has 0 bridgehead atoms. The van der Waals surface area contributed by atoms with Crippen LogP contribution in [0.2, 0.25) is 0 Å². The minimum atomic E-state index is -0.262. The van der Waals surface area contributed by atoms with Crippen LogP contribution in [0, 0.1) is 12.8 Å². The molecule has 4 rings (SSSR count).